The number of rotatable bonds is 12. The molecule has 0 aliphatic heterocycles. The summed E-state index contributed by atoms with van der Waals surface area (Å²) >= 11 is 0. The van der Waals surface area contributed by atoms with Crippen molar-refractivity contribution in [2.75, 3.05) is 19.8 Å². The van der Waals surface area contributed by atoms with Gasteiger partial charge >= 0.3 is 0 Å². The Balaban J connectivity index is 2.34. The van der Waals surface area contributed by atoms with Crippen LogP contribution in [0.2, 0.25) is 0 Å². The molecule has 0 fully saturated rings. The molecule has 0 saturated heterocycles. The lowest BCUT2D eigenvalue weighted by Crippen LogP contribution is -2.26. The minimum atomic E-state index is -0.194. The third-order valence-electron chi connectivity index (χ3n) is 4.32. The van der Waals surface area contributed by atoms with Crippen molar-refractivity contribution in [2.24, 2.45) is 0 Å². The first kappa shape index (κ1) is 23.7. The molecule has 0 atom stereocenters. The van der Waals surface area contributed by atoms with Crippen LogP contribution in [0.25, 0.3) is 0 Å². The van der Waals surface area contributed by atoms with Crippen LogP contribution in [0.3, 0.4) is 0 Å². The van der Waals surface area contributed by atoms with Gasteiger partial charge in [-0.1, -0.05) is 28.9 Å². The first-order valence-corrected chi connectivity index (χ1v) is 9.99. The van der Waals surface area contributed by atoms with Crippen LogP contribution in [-0.2, 0) is 0 Å². The fourth-order valence-electron chi connectivity index (χ4n) is 2.59. The number of amides is 1. The molecule has 0 aliphatic carbocycles. The minimum absolute atomic E-state index is 0.0656. The number of aliphatic hydroxyl groups excluding tert-OH is 1. The van der Waals surface area contributed by atoms with Crippen LogP contribution in [0.1, 0.15) is 63.7 Å². The summed E-state index contributed by atoms with van der Waals surface area (Å²) in [6.45, 7) is 9.32. The minimum Gasteiger partial charge on any atom is -0.490 e. The van der Waals surface area contributed by atoms with Crippen molar-refractivity contribution in [1.29, 1.82) is 0 Å². The normalized spacial score (nSPS) is 11.9. The Morgan fingerprint density at radius 1 is 0.964 bits per heavy atom. The van der Waals surface area contributed by atoms with Gasteiger partial charge in [0.15, 0.2) is 0 Å². The van der Waals surface area contributed by atoms with Gasteiger partial charge in [0.1, 0.15) is 12.4 Å². The largest absolute Gasteiger partial charge is 0.490 e. The Kier molecular flexibility index (Phi) is 11.7. The molecule has 1 rings (SSSR count). The summed E-state index contributed by atoms with van der Waals surface area (Å²) in [7, 11) is 0. The Labute approximate surface area is 170 Å². The zero-order valence-corrected chi connectivity index (χ0v) is 17.8. The number of hydrogen-bond donors (Lipinski definition) is 2. The molecule has 28 heavy (non-hydrogen) atoms. The fraction of sp³-hybridized carbons (Fsp3) is 0.458. The molecule has 0 bridgehead atoms. The molecule has 0 radical (unpaired) electrons. The van der Waals surface area contributed by atoms with Crippen LogP contribution in [0.5, 0.6) is 5.75 Å². The summed E-state index contributed by atoms with van der Waals surface area (Å²) in [5, 5.41) is 11.4. The van der Waals surface area contributed by atoms with Crippen LogP contribution in [0, 0.1) is 0 Å². The average Bonchev–Trinajstić information content (AvgIpc) is 2.66. The first-order chi connectivity index (χ1) is 13.4. The molecule has 4 heteroatoms. The van der Waals surface area contributed by atoms with Crippen LogP contribution in [-0.4, -0.2) is 30.8 Å². The maximum absolute atomic E-state index is 11.8. The Morgan fingerprint density at radius 3 is 2.18 bits per heavy atom. The van der Waals surface area contributed by atoms with Gasteiger partial charge in [0.05, 0.1) is 6.61 Å². The van der Waals surface area contributed by atoms with E-state index < -0.39 is 0 Å². The zero-order chi connectivity index (χ0) is 20.8. The summed E-state index contributed by atoms with van der Waals surface area (Å²) < 4.78 is 5.73. The van der Waals surface area contributed by atoms with Crippen LogP contribution >= 0.6 is 0 Å². The molecule has 4 nitrogen and oxygen atoms in total. The van der Waals surface area contributed by atoms with Crippen LogP contribution < -0.4 is 10.1 Å². The molecular formula is C24H35NO3. The van der Waals surface area contributed by atoms with Crippen molar-refractivity contribution >= 4 is 5.91 Å². The Morgan fingerprint density at radius 2 is 1.57 bits per heavy atom. The smallest absolute Gasteiger partial charge is 0.251 e. The van der Waals surface area contributed by atoms with E-state index in [2.05, 4.69) is 51.2 Å². The monoisotopic (exact) mass is 385 g/mol. The van der Waals surface area contributed by atoms with Crippen LogP contribution in [0.4, 0.5) is 0 Å². The molecule has 0 saturated carbocycles. The fourth-order valence-corrected chi connectivity index (χ4v) is 2.59. The maximum atomic E-state index is 11.8. The van der Waals surface area contributed by atoms with Crippen molar-refractivity contribution in [2.45, 2.75) is 53.4 Å². The predicted octanol–water partition coefficient (Wildman–Crippen LogP) is 5.21. The quantitative estimate of drug-likeness (QED) is 0.486. The van der Waals surface area contributed by atoms with Crippen molar-refractivity contribution in [1.82, 2.24) is 5.32 Å². The number of aliphatic hydroxyl groups is 1. The second-order valence-corrected chi connectivity index (χ2v) is 7.27. The standard InChI is InChI=1S/C24H35NO3/c1-19(2)7-5-8-20(3)9-6-10-21(4)15-18-28-23-13-11-22(12-14-23)24(27)25-16-17-26/h7,9,11-15,26H,5-6,8,10,16-18H2,1-4H3,(H,25,27). The molecule has 1 aromatic carbocycles. The van der Waals surface area contributed by atoms with Gasteiger partial charge in [-0.05, 0) is 83.7 Å². The van der Waals surface area contributed by atoms with Crippen molar-refractivity contribution in [3.8, 4) is 5.75 Å². The van der Waals surface area contributed by atoms with Gasteiger partial charge in [-0.2, -0.15) is 0 Å². The number of nitrogens with one attached hydrogen (secondary N) is 1. The van der Waals surface area contributed by atoms with E-state index in [-0.39, 0.29) is 19.1 Å². The molecule has 0 spiro atoms. The van der Waals surface area contributed by atoms with E-state index in [0.29, 0.717) is 12.2 Å². The predicted molar refractivity (Wildman–Crippen MR) is 117 cm³/mol. The molecule has 2 N–H and O–H groups in total. The third-order valence-corrected chi connectivity index (χ3v) is 4.32. The molecule has 1 aromatic rings. The lowest BCUT2D eigenvalue weighted by molar-refractivity contribution is 0.0944. The van der Waals surface area contributed by atoms with E-state index in [1.165, 1.54) is 16.7 Å². The van der Waals surface area contributed by atoms with Crippen molar-refractivity contribution < 1.29 is 14.6 Å². The van der Waals surface area contributed by atoms with Crippen LogP contribution in [0.15, 0.2) is 59.2 Å². The van der Waals surface area contributed by atoms with Gasteiger partial charge in [-0.3, -0.25) is 4.79 Å². The second-order valence-electron chi connectivity index (χ2n) is 7.27. The Bertz CT molecular complexity index is 680. The highest BCUT2D eigenvalue weighted by Gasteiger charge is 2.04. The number of hydrogen-bond acceptors (Lipinski definition) is 3. The van der Waals surface area contributed by atoms with E-state index in [1.54, 1.807) is 24.3 Å². The van der Waals surface area contributed by atoms with E-state index in [9.17, 15) is 4.79 Å². The van der Waals surface area contributed by atoms with Gasteiger partial charge in [-0.25, -0.2) is 0 Å². The number of ether oxygens (including phenoxy) is 1. The summed E-state index contributed by atoms with van der Waals surface area (Å²) in [5.74, 6) is 0.540. The molecule has 0 unspecified atom stereocenters. The topological polar surface area (TPSA) is 58.6 Å². The summed E-state index contributed by atoms with van der Waals surface area (Å²) in [6, 6.07) is 7.02. The Hall–Kier alpha value is -2.33. The van der Waals surface area contributed by atoms with Gasteiger partial charge in [0, 0.05) is 12.1 Å². The number of carbonyl (C=O) groups excluding carboxylic acids is 1. The number of carbonyl (C=O) groups is 1. The molecule has 1 amide bonds. The molecule has 0 aliphatic rings. The van der Waals surface area contributed by atoms with E-state index in [1.807, 2.05) is 0 Å². The lowest BCUT2D eigenvalue weighted by atomic mass is 10.1. The first-order valence-electron chi connectivity index (χ1n) is 9.99. The van der Waals surface area contributed by atoms with Crippen molar-refractivity contribution in [3.05, 3.63) is 64.8 Å². The highest BCUT2D eigenvalue weighted by atomic mass is 16.5. The van der Waals surface area contributed by atoms with Gasteiger partial charge in [0.25, 0.3) is 5.91 Å². The lowest BCUT2D eigenvalue weighted by Gasteiger charge is -2.07. The molecule has 154 valence electrons. The molecule has 0 heterocycles. The summed E-state index contributed by atoms with van der Waals surface area (Å²) in [6.07, 6.45) is 11.1. The number of allylic oxidation sites excluding steroid dienone is 5. The molecular weight excluding hydrogens is 350 g/mol. The second kappa shape index (κ2) is 13.8. The zero-order valence-electron chi connectivity index (χ0n) is 17.8. The van der Waals surface area contributed by atoms with Gasteiger partial charge in [-0.15, -0.1) is 0 Å². The van der Waals surface area contributed by atoms with Gasteiger partial charge < -0.3 is 15.2 Å². The summed E-state index contributed by atoms with van der Waals surface area (Å²) in [5.41, 5.74) is 4.70. The highest BCUT2D eigenvalue weighted by Crippen LogP contribution is 2.14. The van der Waals surface area contributed by atoms with E-state index in [4.69, 9.17) is 9.84 Å². The number of benzene rings is 1. The maximum Gasteiger partial charge on any atom is 0.251 e. The van der Waals surface area contributed by atoms with Crippen molar-refractivity contribution in [3.63, 3.8) is 0 Å². The molecule has 0 aromatic heterocycles. The van der Waals surface area contributed by atoms with E-state index >= 15 is 0 Å². The summed E-state index contributed by atoms with van der Waals surface area (Å²) in [4.78, 5) is 11.8. The average molecular weight is 386 g/mol. The van der Waals surface area contributed by atoms with E-state index in [0.717, 1.165) is 31.4 Å². The highest BCUT2D eigenvalue weighted by molar-refractivity contribution is 5.94. The SMILES string of the molecule is CC(C)=CCCC(C)=CCCC(C)=CCOc1ccc(C(=O)NCCO)cc1. The van der Waals surface area contributed by atoms with Gasteiger partial charge in [0.2, 0.25) is 0 Å². The third kappa shape index (κ3) is 10.7.